The number of rotatable bonds is 4. The van der Waals surface area contributed by atoms with Gasteiger partial charge in [-0.15, -0.1) is 0 Å². The number of benzene rings is 1. The molecule has 0 aromatic heterocycles. The molecule has 2 nitrogen and oxygen atoms in total. The lowest BCUT2D eigenvalue weighted by Crippen LogP contribution is -2.43. The Morgan fingerprint density at radius 3 is 2.29 bits per heavy atom. The molecule has 1 aromatic rings. The molecular weight excluding hydrogens is 292 g/mol. The van der Waals surface area contributed by atoms with Crippen LogP contribution < -0.4 is 5.32 Å². The predicted octanol–water partition coefficient (Wildman–Crippen LogP) is 5.95. The van der Waals surface area contributed by atoms with Crippen LogP contribution in [0.25, 0.3) is 0 Å². The number of hydrogen-bond donors (Lipinski definition) is 1. The third-order valence-electron chi connectivity index (χ3n) is 5.41. The normalized spacial score (nSPS) is 19.4. The highest BCUT2D eigenvalue weighted by Crippen LogP contribution is 2.38. The molecule has 1 atom stereocenters. The first-order valence-electron chi connectivity index (χ1n) is 9.99. The Labute approximate surface area is 149 Å². The summed E-state index contributed by atoms with van der Waals surface area (Å²) in [6.45, 7) is 15.4. The molecular formula is C22H36N2. The van der Waals surface area contributed by atoms with E-state index >= 15 is 0 Å². The summed E-state index contributed by atoms with van der Waals surface area (Å²) in [7, 11) is 0. The van der Waals surface area contributed by atoms with E-state index in [0.717, 1.165) is 19.5 Å². The highest BCUT2D eigenvalue weighted by atomic mass is 15.2. The Morgan fingerprint density at radius 1 is 1.12 bits per heavy atom. The van der Waals surface area contributed by atoms with E-state index < -0.39 is 0 Å². The second kappa shape index (κ2) is 8.71. The number of anilines is 1. The van der Waals surface area contributed by atoms with Crippen molar-refractivity contribution in [1.29, 1.82) is 0 Å². The molecule has 1 aromatic carbocycles. The molecule has 1 N–H and O–H groups in total. The molecule has 1 heterocycles. The van der Waals surface area contributed by atoms with Gasteiger partial charge in [0.15, 0.2) is 0 Å². The molecule has 0 bridgehead atoms. The van der Waals surface area contributed by atoms with E-state index in [-0.39, 0.29) is 0 Å². The summed E-state index contributed by atoms with van der Waals surface area (Å²) in [5.41, 5.74) is 7.44. The zero-order chi connectivity index (χ0) is 17.7. The van der Waals surface area contributed by atoms with E-state index in [1.54, 1.807) is 5.57 Å². The van der Waals surface area contributed by atoms with Crippen LogP contribution in [0, 0.1) is 0 Å². The molecule has 24 heavy (non-hydrogen) atoms. The van der Waals surface area contributed by atoms with Gasteiger partial charge in [-0.3, -0.25) is 4.90 Å². The minimum Gasteiger partial charge on any atom is -0.357 e. The highest BCUT2D eigenvalue weighted by Gasteiger charge is 2.30. The molecule has 0 radical (unpaired) electrons. The predicted molar refractivity (Wildman–Crippen MR) is 107 cm³/mol. The number of fused-ring (bicyclic) bond motifs is 1. The monoisotopic (exact) mass is 328 g/mol. The third-order valence-corrected chi connectivity index (χ3v) is 5.41. The lowest BCUT2D eigenvalue weighted by Gasteiger charge is -2.40. The van der Waals surface area contributed by atoms with Crippen LogP contribution >= 0.6 is 0 Å². The zero-order valence-corrected chi connectivity index (χ0v) is 16.6. The van der Waals surface area contributed by atoms with Gasteiger partial charge in [-0.1, -0.05) is 53.7 Å². The Bertz CT molecular complexity index is 561. The van der Waals surface area contributed by atoms with Gasteiger partial charge in [-0.05, 0) is 67.5 Å². The number of nitrogens with one attached hydrogen (secondary N) is 1. The van der Waals surface area contributed by atoms with Crippen LogP contribution in [0.2, 0.25) is 0 Å². The molecule has 134 valence electrons. The van der Waals surface area contributed by atoms with E-state index in [4.69, 9.17) is 0 Å². The van der Waals surface area contributed by atoms with Crippen molar-refractivity contribution in [2.24, 2.45) is 0 Å². The van der Waals surface area contributed by atoms with Crippen LogP contribution in [0.1, 0.15) is 77.8 Å². The Hall–Kier alpha value is -1.28. The van der Waals surface area contributed by atoms with Crippen molar-refractivity contribution < 1.29 is 0 Å². The largest absolute Gasteiger partial charge is 0.357 e. The van der Waals surface area contributed by atoms with E-state index in [9.17, 15) is 0 Å². The fraction of sp³-hybridized carbons (Fsp3) is 0.636. The fourth-order valence-electron chi connectivity index (χ4n) is 3.71. The molecule has 0 spiro atoms. The molecule has 3 rings (SSSR count). The van der Waals surface area contributed by atoms with E-state index in [1.807, 2.05) is 13.8 Å². The van der Waals surface area contributed by atoms with Crippen molar-refractivity contribution in [3.05, 3.63) is 40.6 Å². The molecule has 1 fully saturated rings. The first-order chi connectivity index (χ1) is 11.6. The van der Waals surface area contributed by atoms with Crippen LogP contribution in [0.3, 0.4) is 0 Å². The number of allylic oxidation sites excluding steroid dienone is 1. The van der Waals surface area contributed by atoms with Crippen LogP contribution in [-0.2, 0) is 6.42 Å². The van der Waals surface area contributed by atoms with Crippen LogP contribution in [0.4, 0.5) is 5.69 Å². The topological polar surface area (TPSA) is 15.3 Å². The molecule has 0 saturated heterocycles. The van der Waals surface area contributed by atoms with E-state index in [2.05, 4.69) is 56.1 Å². The minimum atomic E-state index is 0.544. The number of hydrogen-bond acceptors (Lipinski definition) is 2. The molecule has 1 aliphatic carbocycles. The Balaban J connectivity index is 0.00000100. The highest BCUT2D eigenvalue weighted by molar-refractivity contribution is 5.62. The molecule has 1 unspecified atom stereocenters. The summed E-state index contributed by atoms with van der Waals surface area (Å²) in [5, 5.41) is 3.83. The number of likely N-dealkylation sites (N-methyl/N-ethyl adjacent to an activating group) is 1. The van der Waals surface area contributed by atoms with Crippen LogP contribution in [-0.4, -0.2) is 24.0 Å². The molecule has 0 amide bonds. The van der Waals surface area contributed by atoms with E-state index in [1.165, 1.54) is 41.8 Å². The van der Waals surface area contributed by atoms with Gasteiger partial charge >= 0.3 is 0 Å². The van der Waals surface area contributed by atoms with Gasteiger partial charge in [-0.2, -0.15) is 0 Å². The number of nitrogens with zero attached hydrogens (tertiary/aromatic N) is 1. The summed E-state index contributed by atoms with van der Waals surface area (Å²) < 4.78 is 0. The van der Waals surface area contributed by atoms with Crippen molar-refractivity contribution in [2.75, 3.05) is 18.4 Å². The average molecular weight is 329 g/mol. The minimum absolute atomic E-state index is 0.544. The summed E-state index contributed by atoms with van der Waals surface area (Å²) in [5.74, 6) is 0.590. The van der Waals surface area contributed by atoms with Gasteiger partial charge in [-0.25, -0.2) is 0 Å². The van der Waals surface area contributed by atoms with Crippen LogP contribution in [0.15, 0.2) is 29.5 Å². The summed E-state index contributed by atoms with van der Waals surface area (Å²) in [6.07, 6.45) is 5.10. The molecule has 2 heteroatoms. The Morgan fingerprint density at radius 2 is 1.79 bits per heavy atom. The first kappa shape index (κ1) is 19.1. The van der Waals surface area contributed by atoms with Gasteiger partial charge in [0.2, 0.25) is 0 Å². The SMILES string of the molecule is CC.CCN(CC)C1Cc2ccc(C(C)C)cc2NC1=C1CCC1. The lowest BCUT2D eigenvalue weighted by molar-refractivity contribution is 0.238. The summed E-state index contributed by atoms with van der Waals surface area (Å²) in [4.78, 5) is 2.60. The van der Waals surface area contributed by atoms with Crippen molar-refractivity contribution in [2.45, 2.75) is 79.2 Å². The maximum Gasteiger partial charge on any atom is 0.0538 e. The maximum absolute atomic E-state index is 3.83. The molecule has 1 aliphatic heterocycles. The summed E-state index contributed by atoms with van der Waals surface area (Å²) in [6, 6.07) is 7.57. The van der Waals surface area contributed by atoms with Gasteiger partial charge < -0.3 is 5.32 Å². The van der Waals surface area contributed by atoms with Gasteiger partial charge in [0.25, 0.3) is 0 Å². The molecule has 1 saturated carbocycles. The van der Waals surface area contributed by atoms with Gasteiger partial charge in [0.05, 0.1) is 6.04 Å². The van der Waals surface area contributed by atoms with Crippen LogP contribution in [0.5, 0.6) is 0 Å². The third kappa shape index (κ3) is 3.85. The second-order valence-corrected chi connectivity index (χ2v) is 7.01. The molecule has 2 aliphatic rings. The van der Waals surface area contributed by atoms with Crippen molar-refractivity contribution in [3.8, 4) is 0 Å². The fourth-order valence-corrected chi connectivity index (χ4v) is 3.71. The average Bonchev–Trinajstić information content (AvgIpc) is 2.56. The van der Waals surface area contributed by atoms with E-state index in [0.29, 0.717) is 12.0 Å². The first-order valence-corrected chi connectivity index (χ1v) is 9.99. The van der Waals surface area contributed by atoms with Crippen molar-refractivity contribution in [3.63, 3.8) is 0 Å². The quantitative estimate of drug-likeness (QED) is 0.734. The van der Waals surface area contributed by atoms with Gasteiger partial charge in [0.1, 0.15) is 0 Å². The van der Waals surface area contributed by atoms with Crippen molar-refractivity contribution >= 4 is 5.69 Å². The zero-order valence-electron chi connectivity index (χ0n) is 16.6. The van der Waals surface area contributed by atoms with Crippen molar-refractivity contribution in [1.82, 2.24) is 4.90 Å². The second-order valence-electron chi connectivity index (χ2n) is 7.01. The Kier molecular flexibility index (Phi) is 6.91. The van der Waals surface area contributed by atoms with Gasteiger partial charge in [0, 0.05) is 11.4 Å². The summed E-state index contributed by atoms with van der Waals surface area (Å²) >= 11 is 0. The lowest BCUT2D eigenvalue weighted by atomic mass is 9.84. The standard InChI is InChI=1S/C20H30N2.C2H6/c1-5-22(6-2)19-13-17-11-10-16(14(3)4)12-18(17)21-20(19)15-8-7-9-15;1-2/h10-12,14,19,21H,5-9,13H2,1-4H3;1-2H3. The maximum atomic E-state index is 3.83. The smallest absolute Gasteiger partial charge is 0.0538 e.